The van der Waals surface area contributed by atoms with Gasteiger partial charge >= 0.3 is 0 Å². The molecule has 2 aliphatic rings. The molecule has 0 radical (unpaired) electrons. The van der Waals surface area contributed by atoms with Gasteiger partial charge in [0.2, 0.25) is 5.91 Å². The predicted octanol–water partition coefficient (Wildman–Crippen LogP) is 5.27. The number of hydrogen-bond acceptors (Lipinski definition) is 4. The second-order valence-electron chi connectivity index (χ2n) is 9.96. The first-order valence-electron chi connectivity index (χ1n) is 12.6. The minimum atomic E-state index is -0.395. The molecule has 5 rings (SSSR count). The van der Waals surface area contributed by atoms with Crippen LogP contribution in [0.2, 0.25) is 0 Å². The standard InChI is InChI=1S/C29H31FN2O4/c1-18(2)29(34)32-13-12-20-8-9-23(15-25(20)27(32)21-4-3-5-22(30)14-21)35-17-24-10-11-26(36-24)28(33)31-16-19-6-7-19/h3-5,8-11,14-15,18-19,27H,6-7,12-13,16-17H2,1-2H3,(H,31,33). The maximum absolute atomic E-state index is 14.2. The van der Waals surface area contributed by atoms with Crippen molar-refractivity contribution in [1.29, 1.82) is 0 Å². The Morgan fingerprint density at radius 1 is 1.14 bits per heavy atom. The van der Waals surface area contributed by atoms with Gasteiger partial charge < -0.3 is 19.4 Å². The van der Waals surface area contributed by atoms with Crippen LogP contribution in [0.1, 0.15) is 65.7 Å². The van der Waals surface area contributed by atoms with E-state index in [9.17, 15) is 14.0 Å². The van der Waals surface area contributed by atoms with E-state index in [2.05, 4.69) is 5.32 Å². The third-order valence-electron chi connectivity index (χ3n) is 6.80. The first-order chi connectivity index (χ1) is 17.4. The Balaban J connectivity index is 1.35. The van der Waals surface area contributed by atoms with E-state index in [1.807, 2.05) is 43.0 Å². The van der Waals surface area contributed by atoms with Gasteiger partial charge in [-0.25, -0.2) is 4.39 Å². The molecule has 1 aliphatic carbocycles. The van der Waals surface area contributed by atoms with Gasteiger partial charge in [0, 0.05) is 19.0 Å². The van der Waals surface area contributed by atoms with Crippen LogP contribution in [0.4, 0.5) is 4.39 Å². The number of halogens is 1. The van der Waals surface area contributed by atoms with E-state index in [4.69, 9.17) is 9.15 Å². The SMILES string of the molecule is CC(C)C(=O)N1CCc2ccc(OCc3ccc(C(=O)NCC4CC4)o3)cc2C1c1cccc(F)c1. The maximum atomic E-state index is 14.2. The molecule has 188 valence electrons. The van der Waals surface area contributed by atoms with Crippen molar-refractivity contribution in [3.8, 4) is 5.75 Å². The van der Waals surface area contributed by atoms with Crippen molar-refractivity contribution in [2.24, 2.45) is 11.8 Å². The summed E-state index contributed by atoms with van der Waals surface area (Å²) in [6.07, 6.45) is 3.06. The molecule has 0 spiro atoms. The topological polar surface area (TPSA) is 71.8 Å². The lowest BCUT2D eigenvalue weighted by molar-refractivity contribution is -0.136. The van der Waals surface area contributed by atoms with Gasteiger partial charge in [-0.2, -0.15) is 0 Å². The molecule has 2 heterocycles. The van der Waals surface area contributed by atoms with Crippen LogP contribution in [0.3, 0.4) is 0 Å². The van der Waals surface area contributed by atoms with E-state index < -0.39 is 6.04 Å². The number of rotatable bonds is 8. The minimum Gasteiger partial charge on any atom is -0.486 e. The minimum absolute atomic E-state index is 0.0318. The highest BCUT2D eigenvalue weighted by Crippen LogP contribution is 2.38. The molecule has 2 amide bonds. The number of nitrogens with zero attached hydrogens (tertiary/aromatic N) is 1. The molecule has 7 heteroatoms. The fourth-order valence-electron chi connectivity index (χ4n) is 4.67. The van der Waals surface area contributed by atoms with Gasteiger partial charge in [0.05, 0.1) is 6.04 Å². The van der Waals surface area contributed by atoms with Gasteiger partial charge in [-0.3, -0.25) is 9.59 Å². The van der Waals surface area contributed by atoms with Gasteiger partial charge in [0.15, 0.2) is 5.76 Å². The lowest BCUT2D eigenvalue weighted by Gasteiger charge is -2.39. The molecule has 36 heavy (non-hydrogen) atoms. The van der Waals surface area contributed by atoms with Gasteiger partial charge in [-0.05, 0) is 78.3 Å². The largest absolute Gasteiger partial charge is 0.486 e. The quantitative estimate of drug-likeness (QED) is 0.467. The molecule has 3 aromatic rings. The van der Waals surface area contributed by atoms with Crippen LogP contribution in [0.25, 0.3) is 0 Å². The van der Waals surface area contributed by atoms with Crippen molar-refractivity contribution < 1.29 is 23.1 Å². The molecule has 1 aliphatic heterocycles. The molecule has 1 unspecified atom stereocenters. The zero-order chi connectivity index (χ0) is 25.2. The molecule has 1 fully saturated rings. The monoisotopic (exact) mass is 490 g/mol. The number of carbonyl (C=O) groups excluding carboxylic acids is 2. The molecule has 2 aromatic carbocycles. The van der Waals surface area contributed by atoms with E-state index in [1.54, 1.807) is 18.2 Å². The highest BCUT2D eigenvalue weighted by Gasteiger charge is 2.33. The molecular weight excluding hydrogens is 459 g/mol. The van der Waals surface area contributed by atoms with Crippen LogP contribution in [0.5, 0.6) is 5.75 Å². The third kappa shape index (κ3) is 5.30. The summed E-state index contributed by atoms with van der Waals surface area (Å²) in [5.74, 6) is 1.34. The average Bonchev–Trinajstić information content (AvgIpc) is 3.59. The predicted molar refractivity (Wildman–Crippen MR) is 133 cm³/mol. The Hall–Kier alpha value is -3.61. The summed E-state index contributed by atoms with van der Waals surface area (Å²) >= 11 is 0. The zero-order valence-corrected chi connectivity index (χ0v) is 20.6. The number of carbonyl (C=O) groups is 2. The Morgan fingerprint density at radius 3 is 2.72 bits per heavy atom. The van der Waals surface area contributed by atoms with Crippen LogP contribution in [-0.4, -0.2) is 29.8 Å². The van der Waals surface area contributed by atoms with E-state index in [0.717, 1.165) is 23.1 Å². The van der Waals surface area contributed by atoms with Gasteiger partial charge in [-0.15, -0.1) is 0 Å². The van der Waals surface area contributed by atoms with Gasteiger partial charge in [-0.1, -0.05) is 32.0 Å². The number of hydrogen-bond donors (Lipinski definition) is 1. The number of fused-ring (bicyclic) bond motifs is 1. The number of nitrogens with one attached hydrogen (secondary N) is 1. The average molecular weight is 491 g/mol. The van der Waals surface area contributed by atoms with E-state index in [-0.39, 0.29) is 35.9 Å². The summed E-state index contributed by atoms with van der Waals surface area (Å²) in [4.78, 5) is 27.2. The van der Waals surface area contributed by atoms with E-state index in [1.165, 1.54) is 25.0 Å². The fraction of sp³-hybridized carbons (Fsp3) is 0.379. The van der Waals surface area contributed by atoms with Crippen LogP contribution in [-0.2, 0) is 17.8 Å². The number of benzene rings is 2. The summed E-state index contributed by atoms with van der Waals surface area (Å²) < 4.78 is 25.8. The fourth-order valence-corrected chi connectivity index (χ4v) is 4.67. The number of ether oxygens (including phenoxy) is 1. The van der Waals surface area contributed by atoms with Crippen molar-refractivity contribution >= 4 is 11.8 Å². The smallest absolute Gasteiger partial charge is 0.287 e. The van der Waals surface area contributed by atoms with E-state index in [0.29, 0.717) is 30.5 Å². The second-order valence-corrected chi connectivity index (χ2v) is 9.96. The first kappa shape index (κ1) is 24.1. The van der Waals surface area contributed by atoms with Crippen LogP contribution < -0.4 is 10.1 Å². The highest BCUT2D eigenvalue weighted by molar-refractivity contribution is 5.91. The second kappa shape index (κ2) is 10.2. The third-order valence-corrected chi connectivity index (χ3v) is 6.80. The molecule has 1 saturated carbocycles. The summed E-state index contributed by atoms with van der Waals surface area (Å²) in [6.45, 7) is 5.17. The van der Waals surface area contributed by atoms with Crippen LogP contribution in [0, 0.1) is 17.7 Å². The summed E-state index contributed by atoms with van der Waals surface area (Å²) in [5.41, 5.74) is 2.77. The summed E-state index contributed by atoms with van der Waals surface area (Å²) in [6, 6.07) is 15.3. The van der Waals surface area contributed by atoms with Crippen molar-refractivity contribution in [2.75, 3.05) is 13.1 Å². The normalized spacial score (nSPS) is 17.1. The lowest BCUT2D eigenvalue weighted by Crippen LogP contribution is -2.42. The summed E-state index contributed by atoms with van der Waals surface area (Å²) in [7, 11) is 0. The van der Waals surface area contributed by atoms with Gasteiger partial charge in [0.1, 0.15) is 23.9 Å². The van der Waals surface area contributed by atoms with Crippen LogP contribution >= 0.6 is 0 Å². The molecule has 0 saturated heterocycles. The van der Waals surface area contributed by atoms with Crippen molar-refractivity contribution in [1.82, 2.24) is 10.2 Å². The number of furan rings is 1. The van der Waals surface area contributed by atoms with Gasteiger partial charge in [0.25, 0.3) is 5.91 Å². The Labute approximate surface area is 210 Å². The molecular formula is C29H31FN2O4. The zero-order valence-electron chi connectivity index (χ0n) is 20.6. The van der Waals surface area contributed by atoms with Crippen molar-refractivity contribution in [3.05, 3.63) is 88.6 Å². The Bertz CT molecular complexity index is 1260. The van der Waals surface area contributed by atoms with E-state index >= 15 is 0 Å². The highest BCUT2D eigenvalue weighted by atomic mass is 19.1. The molecule has 6 nitrogen and oxygen atoms in total. The molecule has 1 atom stereocenters. The molecule has 0 bridgehead atoms. The molecule has 1 aromatic heterocycles. The maximum Gasteiger partial charge on any atom is 0.287 e. The first-order valence-corrected chi connectivity index (χ1v) is 12.6. The Kier molecular flexibility index (Phi) is 6.81. The number of amides is 2. The van der Waals surface area contributed by atoms with Crippen molar-refractivity contribution in [2.45, 2.75) is 45.8 Å². The summed E-state index contributed by atoms with van der Waals surface area (Å²) in [5, 5.41) is 2.90. The Morgan fingerprint density at radius 2 is 1.97 bits per heavy atom. The lowest BCUT2D eigenvalue weighted by atomic mass is 9.87. The molecule has 1 N–H and O–H groups in total. The van der Waals surface area contributed by atoms with Crippen LogP contribution in [0.15, 0.2) is 59.0 Å². The van der Waals surface area contributed by atoms with Crippen molar-refractivity contribution in [3.63, 3.8) is 0 Å².